The van der Waals surface area contributed by atoms with Gasteiger partial charge < -0.3 is 19.0 Å². The lowest BCUT2D eigenvalue weighted by molar-refractivity contribution is 0.00235. The van der Waals surface area contributed by atoms with Gasteiger partial charge in [-0.15, -0.1) is 0 Å². The molecule has 0 radical (unpaired) electrons. The summed E-state index contributed by atoms with van der Waals surface area (Å²) in [5.74, 6) is 1.37. The van der Waals surface area contributed by atoms with Crippen molar-refractivity contribution in [2.75, 3.05) is 40.0 Å². The topological polar surface area (TPSA) is 55.1 Å². The van der Waals surface area contributed by atoms with Crippen LogP contribution >= 0.6 is 0 Å². The van der Waals surface area contributed by atoms with Crippen molar-refractivity contribution in [1.29, 1.82) is 0 Å². The van der Waals surface area contributed by atoms with Gasteiger partial charge in [0.05, 0.1) is 32.1 Å². The minimum Gasteiger partial charge on any atom is -0.468 e. The van der Waals surface area contributed by atoms with Crippen molar-refractivity contribution in [2.24, 2.45) is 5.92 Å². The molecule has 0 aliphatic carbocycles. The molecule has 5 nitrogen and oxygen atoms in total. The molecule has 1 unspecified atom stereocenters. The standard InChI is InChI=1S/C15H27NO4/c1-13(2)11-19-12-14(17)9-16(6-8-18-3)10-15-5-4-7-20-15/h4-5,7,13-14,17H,6,8-12H2,1-3H3. The number of rotatable bonds is 11. The first-order chi connectivity index (χ1) is 9.61. The summed E-state index contributed by atoms with van der Waals surface area (Å²) in [6.07, 6.45) is 1.16. The van der Waals surface area contributed by atoms with Crippen LogP contribution in [-0.4, -0.2) is 56.1 Å². The second kappa shape index (κ2) is 9.94. The van der Waals surface area contributed by atoms with Gasteiger partial charge in [-0.2, -0.15) is 0 Å². The van der Waals surface area contributed by atoms with E-state index in [1.807, 2.05) is 12.1 Å². The number of furan rings is 1. The van der Waals surface area contributed by atoms with Gasteiger partial charge in [0.1, 0.15) is 5.76 Å². The zero-order valence-electron chi connectivity index (χ0n) is 12.7. The van der Waals surface area contributed by atoms with E-state index in [1.165, 1.54) is 0 Å². The minimum atomic E-state index is -0.499. The van der Waals surface area contributed by atoms with Crippen LogP contribution in [0.3, 0.4) is 0 Å². The van der Waals surface area contributed by atoms with Gasteiger partial charge >= 0.3 is 0 Å². The fraction of sp³-hybridized carbons (Fsp3) is 0.733. The molecular weight excluding hydrogens is 258 g/mol. The number of hydrogen-bond donors (Lipinski definition) is 1. The highest BCUT2D eigenvalue weighted by Crippen LogP contribution is 2.06. The SMILES string of the molecule is COCCN(Cc1ccco1)CC(O)COCC(C)C. The van der Waals surface area contributed by atoms with E-state index in [-0.39, 0.29) is 0 Å². The van der Waals surface area contributed by atoms with E-state index in [0.29, 0.717) is 38.8 Å². The molecule has 1 heterocycles. The van der Waals surface area contributed by atoms with Crippen molar-refractivity contribution in [1.82, 2.24) is 4.90 Å². The lowest BCUT2D eigenvalue weighted by Gasteiger charge is -2.24. The minimum absolute atomic E-state index is 0.361. The third-order valence-electron chi connectivity index (χ3n) is 2.80. The number of nitrogens with zero attached hydrogens (tertiary/aromatic N) is 1. The van der Waals surface area contributed by atoms with E-state index in [2.05, 4.69) is 18.7 Å². The molecule has 0 saturated carbocycles. The molecule has 0 saturated heterocycles. The fourth-order valence-electron chi connectivity index (χ4n) is 1.87. The first-order valence-electron chi connectivity index (χ1n) is 7.11. The molecule has 0 fully saturated rings. The fourth-order valence-corrected chi connectivity index (χ4v) is 1.87. The van der Waals surface area contributed by atoms with E-state index in [0.717, 1.165) is 12.3 Å². The molecule has 1 N–H and O–H groups in total. The van der Waals surface area contributed by atoms with Gasteiger partial charge in [0.25, 0.3) is 0 Å². The van der Waals surface area contributed by atoms with Gasteiger partial charge in [-0.25, -0.2) is 0 Å². The highest BCUT2D eigenvalue weighted by atomic mass is 16.5. The van der Waals surface area contributed by atoms with Crippen LogP contribution in [0.1, 0.15) is 19.6 Å². The maximum atomic E-state index is 10.0. The molecule has 1 aromatic heterocycles. The summed E-state index contributed by atoms with van der Waals surface area (Å²) < 4.78 is 15.9. The van der Waals surface area contributed by atoms with Crippen LogP contribution in [0.15, 0.2) is 22.8 Å². The van der Waals surface area contributed by atoms with Crippen LogP contribution in [-0.2, 0) is 16.0 Å². The first-order valence-corrected chi connectivity index (χ1v) is 7.11. The van der Waals surface area contributed by atoms with Crippen molar-refractivity contribution in [3.8, 4) is 0 Å². The maximum Gasteiger partial charge on any atom is 0.117 e. The van der Waals surface area contributed by atoms with Crippen LogP contribution in [0, 0.1) is 5.92 Å². The van der Waals surface area contributed by atoms with E-state index in [9.17, 15) is 5.11 Å². The van der Waals surface area contributed by atoms with E-state index in [4.69, 9.17) is 13.9 Å². The van der Waals surface area contributed by atoms with Crippen molar-refractivity contribution in [2.45, 2.75) is 26.5 Å². The van der Waals surface area contributed by atoms with Crippen molar-refractivity contribution >= 4 is 0 Å². The highest BCUT2D eigenvalue weighted by Gasteiger charge is 2.13. The average Bonchev–Trinajstić information content (AvgIpc) is 2.88. The quantitative estimate of drug-likeness (QED) is 0.671. The lowest BCUT2D eigenvalue weighted by Crippen LogP contribution is -2.36. The van der Waals surface area contributed by atoms with Crippen molar-refractivity contribution in [3.05, 3.63) is 24.2 Å². The molecule has 0 aliphatic rings. The predicted molar refractivity (Wildman–Crippen MR) is 77.5 cm³/mol. The Bertz CT molecular complexity index is 327. The van der Waals surface area contributed by atoms with Crippen LogP contribution in [0.25, 0.3) is 0 Å². The Labute approximate surface area is 121 Å². The van der Waals surface area contributed by atoms with E-state index < -0.39 is 6.10 Å². The molecule has 1 atom stereocenters. The number of aliphatic hydroxyl groups excluding tert-OH is 1. The third kappa shape index (κ3) is 7.65. The zero-order valence-corrected chi connectivity index (χ0v) is 12.7. The Morgan fingerprint density at radius 3 is 2.75 bits per heavy atom. The third-order valence-corrected chi connectivity index (χ3v) is 2.80. The monoisotopic (exact) mass is 285 g/mol. The number of ether oxygens (including phenoxy) is 2. The van der Waals surface area contributed by atoms with Gasteiger partial charge in [-0.1, -0.05) is 13.8 Å². The second-order valence-electron chi connectivity index (χ2n) is 5.39. The van der Waals surface area contributed by atoms with Crippen LogP contribution in [0.5, 0.6) is 0 Å². The van der Waals surface area contributed by atoms with Gasteiger partial charge in [-0.3, -0.25) is 4.90 Å². The summed E-state index contributed by atoms with van der Waals surface area (Å²) in [6, 6.07) is 3.80. The molecule has 20 heavy (non-hydrogen) atoms. The number of aliphatic hydroxyl groups is 1. The molecule has 1 aromatic rings. The van der Waals surface area contributed by atoms with Gasteiger partial charge in [-0.05, 0) is 18.1 Å². The largest absolute Gasteiger partial charge is 0.468 e. The number of hydrogen-bond acceptors (Lipinski definition) is 5. The van der Waals surface area contributed by atoms with E-state index in [1.54, 1.807) is 13.4 Å². The molecule has 116 valence electrons. The Balaban J connectivity index is 2.34. The van der Waals surface area contributed by atoms with Crippen LogP contribution in [0.2, 0.25) is 0 Å². The predicted octanol–water partition coefficient (Wildman–Crippen LogP) is 1.76. The summed E-state index contributed by atoms with van der Waals surface area (Å²) in [6.45, 7) is 7.80. The first kappa shape index (κ1) is 17.2. The maximum absolute atomic E-state index is 10.0. The van der Waals surface area contributed by atoms with Gasteiger partial charge in [0, 0.05) is 26.8 Å². The van der Waals surface area contributed by atoms with Crippen molar-refractivity contribution in [3.63, 3.8) is 0 Å². The Morgan fingerprint density at radius 2 is 2.15 bits per heavy atom. The summed E-state index contributed by atoms with van der Waals surface area (Å²) in [7, 11) is 1.67. The zero-order chi connectivity index (χ0) is 14.8. The second-order valence-corrected chi connectivity index (χ2v) is 5.39. The summed E-state index contributed by atoms with van der Waals surface area (Å²) >= 11 is 0. The van der Waals surface area contributed by atoms with Gasteiger partial charge in [0.15, 0.2) is 0 Å². The van der Waals surface area contributed by atoms with Crippen molar-refractivity contribution < 1.29 is 19.0 Å². The molecule has 0 aromatic carbocycles. The molecule has 1 rings (SSSR count). The normalized spacial score (nSPS) is 13.3. The molecule has 0 amide bonds. The van der Waals surface area contributed by atoms with E-state index >= 15 is 0 Å². The molecule has 0 bridgehead atoms. The summed E-state index contributed by atoms with van der Waals surface area (Å²) in [5.41, 5.74) is 0. The van der Waals surface area contributed by atoms with Gasteiger partial charge in [0.2, 0.25) is 0 Å². The Morgan fingerprint density at radius 1 is 1.35 bits per heavy atom. The van der Waals surface area contributed by atoms with Crippen LogP contribution < -0.4 is 0 Å². The smallest absolute Gasteiger partial charge is 0.117 e. The summed E-state index contributed by atoms with van der Waals surface area (Å²) in [5, 5.41) is 10.0. The Hall–Kier alpha value is -0.880. The highest BCUT2D eigenvalue weighted by molar-refractivity contribution is 4.97. The molecule has 0 spiro atoms. The lowest BCUT2D eigenvalue weighted by atomic mass is 10.2. The summed E-state index contributed by atoms with van der Waals surface area (Å²) in [4.78, 5) is 2.10. The average molecular weight is 285 g/mol. The Kier molecular flexibility index (Phi) is 8.53. The molecule has 0 aliphatic heterocycles. The molecular formula is C15H27NO4. The van der Waals surface area contributed by atoms with Crippen LogP contribution in [0.4, 0.5) is 0 Å². The molecule has 5 heteroatoms. The number of methoxy groups -OCH3 is 1.